The van der Waals surface area contributed by atoms with Crippen LogP contribution in [0.15, 0.2) is 48.5 Å². The van der Waals surface area contributed by atoms with Crippen molar-refractivity contribution in [1.29, 1.82) is 0 Å². The van der Waals surface area contributed by atoms with Gasteiger partial charge < -0.3 is 20.5 Å². The van der Waals surface area contributed by atoms with Crippen molar-refractivity contribution in [1.82, 2.24) is 5.32 Å². The number of nitrogens with two attached hydrogens (primary N) is 1. The summed E-state index contributed by atoms with van der Waals surface area (Å²) in [4.78, 5) is 51.5. The van der Waals surface area contributed by atoms with E-state index in [4.69, 9.17) is 38.4 Å². The molecule has 2 heterocycles. The minimum atomic E-state index is -1.86. The third-order valence-corrected chi connectivity index (χ3v) is 8.22. The van der Waals surface area contributed by atoms with Crippen LogP contribution in [0.1, 0.15) is 51.6 Å². The number of hydrogen-bond donors (Lipinski definition) is 3. The number of nitrogens with one attached hydrogen (secondary N) is 2. The first kappa shape index (κ1) is 31.7. The van der Waals surface area contributed by atoms with Crippen LogP contribution < -0.4 is 21.1 Å². The number of hydrogen-bond acceptors (Lipinski definition) is 9. The zero-order valence-corrected chi connectivity index (χ0v) is 23.6. The molecule has 4 atom stereocenters. The SMILES string of the molecule is C.COC(=O)c1cc(N)c(C(=O)C[C@@H]2N[C@@]3(C(=O)Nc4cc(Cl)ccc43)[C@@H](c3cccc(Cl)c3F)C2[N+](=O)[O-])cc1OC. The molecule has 1 amide bonds. The van der Waals surface area contributed by atoms with Crippen LogP contribution in [0.3, 0.4) is 0 Å². The minimum absolute atomic E-state index is 0. The Bertz CT molecular complexity index is 1670. The molecular weight excluding hydrogens is 606 g/mol. The van der Waals surface area contributed by atoms with E-state index in [0.717, 1.165) is 0 Å². The maximum atomic E-state index is 15.5. The third kappa shape index (κ3) is 5.05. The molecule has 0 aromatic heterocycles. The number of esters is 1. The summed E-state index contributed by atoms with van der Waals surface area (Å²) in [7, 11) is 2.45. The average Bonchev–Trinajstić information content (AvgIpc) is 3.42. The standard InChI is InChI=1S/C28H23Cl2FN4O7.CH4/c1-41-22-10-14(18(32)9-15(22)26(37)42-2)21(36)11-20-25(35(39)40)23(13-4-3-5-17(30)24(13)31)28(34-20)16-7-6-12(29)8-19(16)33-27(28)38;/h3-10,20,23,25,34H,11,32H2,1-2H3,(H,33,38);1H4/t20-,23-,25?,28+;/m0./s1. The fourth-order valence-electron chi connectivity index (χ4n) is 5.92. The zero-order chi connectivity index (χ0) is 30.5. The molecule has 11 nitrogen and oxygen atoms in total. The number of ketones is 1. The second-order valence-corrected chi connectivity index (χ2v) is 10.7. The first-order chi connectivity index (χ1) is 19.9. The Morgan fingerprint density at radius 2 is 1.86 bits per heavy atom. The van der Waals surface area contributed by atoms with Crippen molar-refractivity contribution in [3.63, 3.8) is 0 Å². The largest absolute Gasteiger partial charge is 0.496 e. The minimum Gasteiger partial charge on any atom is -0.496 e. The molecule has 0 radical (unpaired) electrons. The molecule has 1 saturated heterocycles. The molecule has 1 fully saturated rings. The van der Waals surface area contributed by atoms with Gasteiger partial charge in [-0.3, -0.25) is 25.0 Å². The Balaban J connectivity index is 0.00000423. The van der Waals surface area contributed by atoms with Gasteiger partial charge in [0.15, 0.2) is 5.78 Å². The molecule has 0 bridgehead atoms. The summed E-state index contributed by atoms with van der Waals surface area (Å²) < 4.78 is 25.5. The predicted octanol–water partition coefficient (Wildman–Crippen LogP) is 4.97. The highest BCUT2D eigenvalue weighted by Crippen LogP contribution is 2.54. The number of carbonyl (C=O) groups is 3. The average molecular weight is 633 g/mol. The molecule has 43 heavy (non-hydrogen) atoms. The molecule has 2 aliphatic heterocycles. The van der Waals surface area contributed by atoms with Crippen LogP contribution in [-0.4, -0.2) is 48.9 Å². The molecule has 226 valence electrons. The van der Waals surface area contributed by atoms with Crippen LogP contribution in [0.5, 0.6) is 5.75 Å². The normalized spacial score (nSPS) is 22.0. The van der Waals surface area contributed by atoms with Crippen LogP contribution in [0.2, 0.25) is 10.0 Å². The number of anilines is 2. The molecule has 3 aromatic rings. The highest BCUT2D eigenvalue weighted by atomic mass is 35.5. The van der Waals surface area contributed by atoms with Gasteiger partial charge in [0.25, 0.3) is 0 Å². The van der Waals surface area contributed by atoms with E-state index < -0.39 is 58.4 Å². The number of fused-ring (bicyclic) bond motifs is 2. The van der Waals surface area contributed by atoms with Crippen molar-refractivity contribution in [2.45, 2.75) is 37.4 Å². The summed E-state index contributed by atoms with van der Waals surface area (Å²) in [6.45, 7) is 0. The fraction of sp³-hybridized carbons (Fsp3) is 0.276. The Labute approximate surface area is 255 Å². The maximum absolute atomic E-state index is 15.5. The highest BCUT2D eigenvalue weighted by molar-refractivity contribution is 6.31. The summed E-state index contributed by atoms with van der Waals surface area (Å²) in [5.41, 5.74) is 4.46. The number of ether oxygens (including phenoxy) is 2. The van der Waals surface area contributed by atoms with Crippen molar-refractivity contribution >= 4 is 52.2 Å². The lowest BCUT2D eigenvalue weighted by Crippen LogP contribution is -2.49. The molecule has 1 spiro atoms. The molecule has 4 N–H and O–H groups in total. The lowest BCUT2D eigenvalue weighted by Gasteiger charge is -2.30. The summed E-state index contributed by atoms with van der Waals surface area (Å²) in [6.07, 6.45) is -0.521. The van der Waals surface area contributed by atoms with Gasteiger partial charge in [-0.25, -0.2) is 9.18 Å². The molecule has 5 rings (SSSR count). The van der Waals surface area contributed by atoms with Gasteiger partial charge in [0.05, 0.1) is 31.2 Å². The molecular formula is C29H27Cl2FN4O7. The van der Waals surface area contributed by atoms with Gasteiger partial charge in [-0.15, -0.1) is 0 Å². The number of nitrogen functional groups attached to an aromatic ring is 1. The van der Waals surface area contributed by atoms with E-state index in [0.29, 0.717) is 10.6 Å². The van der Waals surface area contributed by atoms with E-state index in [1.807, 2.05) is 0 Å². The van der Waals surface area contributed by atoms with Crippen molar-refractivity contribution in [3.05, 3.63) is 96.8 Å². The van der Waals surface area contributed by atoms with E-state index >= 15 is 4.39 Å². The fourth-order valence-corrected chi connectivity index (χ4v) is 6.27. The van der Waals surface area contributed by atoms with Gasteiger partial charge in [0, 0.05) is 44.4 Å². The number of nitrogens with zero attached hydrogens (tertiary/aromatic N) is 1. The quantitative estimate of drug-likeness (QED) is 0.107. The monoisotopic (exact) mass is 632 g/mol. The van der Waals surface area contributed by atoms with Gasteiger partial charge in [-0.1, -0.05) is 48.8 Å². The highest BCUT2D eigenvalue weighted by Gasteiger charge is 2.67. The van der Waals surface area contributed by atoms with Crippen LogP contribution in [0, 0.1) is 15.9 Å². The number of benzene rings is 3. The number of Topliss-reactive ketones (excluding diaryl/α,β-unsaturated/α-hetero) is 1. The lowest BCUT2D eigenvalue weighted by atomic mass is 9.74. The first-order valence-electron chi connectivity index (χ1n) is 12.5. The van der Waals surface area contributed by atoms with Crippen molar-refractivity contribution < 1.29 is 33.2 Å². The van der Waals surface area contributed by atoms with Gasteiger partial charge in [-0.05, 0) is 30.3 Å². The van der Waals surface area contributed by atoms with Crippen LogP contribution in [-0.2, 0) is 15.1 Å². The Hall–Kier alpha value is -4.26. The van der Waals surface area contributed by atoms with E-state index in [9.17, 15) is 24.5 Å². The van der Waals surface area contributed by atoms with Crippen molar-refractivity contribution in [2.75, 3.05) is 25.3 Å². The number of carbonyl (C=O) groups excluding carboxylic acids is 3. The summed E-state index contributed by atoms with van der Waals surface area (Å²) >= 11 is 12.2. The number of methoxy groups -OCH3 is 2. The molecule has 1 unspecified atom stereocenters. The van der Waals surface area contributed by atoms with Gasteiger partial charge in [0.1, 0.15) is 22.7 Å². The van der Waals surface area contributed by atoms with Gasteiger partial charge >= 0.3 is 5.97 Å². The van der Waals surface area contributed by atoms with E-state index in [2.05, 4.69) is 10.6 Å². The Morgan fingerprint density at radius 3 is 2.51 bits per heavy atom. The van der Waals surface area contributed by atoms with E-state index in [-0.39, 0.29) is 46.3 Å². The molecule has 2 aliphatic rings. The van der Waals surface area contributed by atoms with E-state index in [1.54, 1.807) is 0 Å². The number of amides is 1. The second kappa shape index (κ2) is 11.8. The lowest BCUT2D eigenvalue weighted by molar-refractivity contribution is -0.526. The molecule has 14 heteroatoms. The van der Waals surface area contributed by atoms with Crippen molar-refractivity contribution in [2.24, 2.45) is 0 Å². The smallest absolute Gasteiger partial charge is 0.341 e. The predicted molar refractivity (Wildman–Crippen MR) is 158 cm³/mol. The summed E-state index contributed by atoms with van der Waals surface area (Å²) in [6, 6.07) is 8.03. The first-order valence-corrected chi connectivity index (χ1v) is 13.3. The Kier molecular flexibility index (Phi) is 8.68. The summed E-state index contributed by atoms with van der Waals surface area (Å²) in [5, 5.41) is 18.4. The number of halogens is 3. The molecule has 0 saturated carbocycles. The van der Waals surface area contributed by atoms with Gasteiger partial charge in [-0.2, -0.15) is 0 Å². The van der Waals surface area contributed by atoms with Gasteiger partial charge in [0.2, 0.25) is 11.9 Å². The van der Waals surface area contributed by atoms with Crippen LogP contribution in [0.25, 0.3) is 0 Å². The summed E-state index contributed by atoms with van der Waals surface area (Å²) in [5.74, 6) is -4.44. The Morgan fingerprint density at radius 1 is 1.14 bits per heavy atom. The van der Waals surface area contributed by atoms with Crippen molar-refractivity contribution in [3.8, 4) is 5.75 Å². The zero-order valence-electron chi connectivity index (χ0n) is 22.1. The second-order valence-electron chi connectivity index (χ2n) is 9.86. The van der Waals surface area contributed by atoms with Crippen LogP contribution in [0.4, 0.5) is 15.8 Å². The number of rotatable bonds is 7. The molecule has 0 aliphatic carbocycles. The molecule has 3 aromatic carbocycles. The van der Waals surface area contributed by atoms with Crippen LogP contribution >= 0.6 is 23.2 Å². The number of nitro groups is 1. The topological polar surface area (TPSA) is 163 Å². The third-order valence-electron chi connectivity index (χ3n) is 7.69. The van der Waals surface area contributed by atoms with E-state index in [1.165, 1.54) is 62.8 Å². The maximum Gasteiger partial charge on any atom is 0.341 e.